The van der Waals surface area contributed by atoms with E-state index in [1.807, 2.05) is 35.2 Å². The summed E-state index contributed by atoms with van der Waals surface area (Å²) in [6.45, 7) is 1.68. The first kappa shape index (κ1) is 19.3. The van der Waals surface area contributed by atoms with Crippen molar-refractivity contribution < 1.29 is 9.72 Å². The van der Waals surface area contributed by atoms with E-state index in [4.69, 9.17) is 12.2 Å². The molecule has 2 aromatic rings. The number of carbonyl (C=O) groups is 1. The summed E-state index contributed by atoms with van der Waals surface area (Å²) in [5, 5.41) is 13.7. The number of nitro benzene ring substituents is 1. The van der Waals surface area contributed by atoms with Crippen molar-refractivity contribution in [2.75, 3.05) is 24.5 Å². The minimum atomic E-state index is -0.432. The summed E-state index contributed by atoms with van der Waals surface area (Å²) in [4.78, 5) is 31.3. The molecular formula is C19H17N5O3S2. The first-order chi connectivity index (χ1) is 14.0. The number of nitrogens with zero attached hydrogens (tertiary/aromatic N) is 4. The molecule has 0 spiro atoms. The third-order valence-electron chi connectivity index (χ3n) is 4.58. The number of nitro groups is 1. The molecule has 1 fully saturated rings. The second kappa shape index (κ2) is 8.18. The molecular weight excluding hydrogens is 410 g/mol. The van der Waals surface area contributed by atoms with Crippen LogP contribution in [-0.2, 0) is 4.79 Å². The summed E-state index contributed by atoms with van der Waals surface area (Å²) in [6.07, 6.45) is 0. The fourth-order valence-electron chi connectivity index (χ4n) is 3.19. The fourth-order valence-corrected chi connectivity index (χ4v) is 4.67. The highest BCUT2D eigenvalue weighted by atomic mass is 32.2. The Bertz CT molecular complexity index is 981. The Labute approximate surface area is 176 Å². The van der Waals surface area contributed by atoms with Crippen molar-refractivity contribution in [2.24, 2.45) is 4.99 Å². The predicted molar refractivity (Wildman–Crippen MR) is 118 cm³/mol. The van der Waals surface area contributed by atoms with Crippen molar-refractivity contribution in [1.82, 2.24) is 10.2 Å². The second-order valence-corrected chi connectivity index (χ2v) is 8.23. The van der Waals surface area contributed by atoms with E-state index in [1.54, 1.807) is 12.1 Å². The molecule has 1 amide bonds. The smallest absolute Gasteiger partial charge is 0.269 e. The second-order valence-electron chi connectivity index (χ2n) is 6.40. The molecule has 1 unspecified atom stereocenters. The predicted octanol–water partition coefficient (Wildman–Crippen LogP) is 2.92. The molecule has 10 heteroatoms. The van der Waals surface area contributed by atoms with Crippen molar-refractivity contribution in [1.29, 1.82) is 0 Å². The van der Waals surface area contributed by atoms with Gasteiger partial charge in [0, 0.05) is 36.6 Å². The number of non-ortho nitro benzene ring substituents is 1. The Morgan fingerprint density at radius 3 is 2.52 bits per heavy atom. The van der Waals surface area contributed by atoms with E-state index >= 15 is 0 Å². The van der Waals surface area contributed by atoms with Crippen molar-refractivity contribution >= 4 is 57.2 Å². The molecule has 29 heavy (non-hydrogen) atoms. The normalized spacial score (nSPS) is 18.6. The topological polar surface area (TPSA) is 91.1 Å². The monoisotopic (exact) mass is 427 g/mol. The third kappa shape index (κ3) is 3.94. The molecule has 1 N–H and O–H groups in total. The maximum atomic E-state index is 13.0. The van der Waals surface area contributed by atoms with Crippen LogP contribution in [0.25, 0.3) is 0 Å². The van der Waals surface area contributed by atoms with Crippen LogP contribution in [0.4, 0.5) is 17.1 Å². The number of hydrogen-bond acceptors (Lipinski definition) is 8. The van der Waals surface area contributed by atoms with Gasteiger partial charge in [-0.1, -0.05) is 42.2 Å². The van der Waals surface area contributed by atoms with Gasteiger partial charge in [0.2, 0.25) is 11.9 Å². The van der Waals surface area contributed by atoms with E-state index in [0.29, 0.717) is 29.9 Å². The number of amides is 1. The molecule has 148 valence electrons. The maximum Gasteiger partial charge on any atom is 0.269 e. The Morgan fingerprint density at radius 2 is 1.90 bits per heavy atom. The van der Waals surface area contributed by atoms with E-state index in [1.165, 1.54) is 28.8 Å². The van der Waals surface area contributed by atoms with Gasteiger partial charge in [-0.3, -0.25) is 19.9 Å². The van der Waals surface area contributed by atoms with Gasteiger partial charge in [-0.05, 0) is 24.3 Å². The Morgan fingerprint density at radius 1 is 1.21 bits per heavy atom. The van der Waals surface area contributed by atoms with Crippen LogP contribution < -0.4 is 10.2 Å². The first-order valence-electron chi connectivity index (χ1n) is 8.94. The molecule has 0 aromatic heterocycles. The molecule has 4 rings (SSSR count). The lowest BCUT2D eigenvalue weighted by atomic mass is 10.2. The summed E-state index contributed by atoms with van der Waals surface area (Å²) in [7, 11) is 0. The molecule has 1 atom stereocenters. The molecule has 2 aliphatic heterocycles. The lowest BCUT2D eigenvalue weighted by Gasteiger charge is -2.27. The maximum absolute atomic E-state index is 13.0. The van der Waals surface area contributed by atoms with Crippen molar-refractivity contribution in [3.8, 4) is 0 Å². The van der Waals surface area contributed by atoms with Crippen LogP contribution in [-0.4, -0.2) is 50.9 Å². The molecule has 0 radical (unpaired) electrons. The molecule has 0 saturated carbocycles. The number of benzene rings is 2. The zero-order chi connectivity index (χ0) is 20.4. The average Bonchev–Trinajstić information content (AvgIpc) is 3.34. The molecule has 1 saturated heterocycles. The van der Waals surface area contributed by atoms with Crippen molar-refractivity contribution in [3.63, 3.8) is 0 Å². The van der Waals surface area contributed by atoms with Crippen LogP contribution in [0.2, 0.25) is 0 Å². The first-order valence-corrected chi connectivity index (χ1v) is 10.2. The highest BCUT2D eigenvalue weighted by Crippen LogP contribution is 2.33. The van der Waals surface area contributed by atoms with Gasteiger partial charge in [0.05, 0.1) is 11.5 Å². The number of thioether (sulfide) groups is 1. The zero-order valence-corrected chi connectivity index (χ0v) is 16.9. The number of guanidine groups is 1. The van der Waals surface area contributed by atoms with Crippen LogP contribution in [0.15, 0.2) is 59.6 Å². The zero-order valence-electron chi connectivity index (χ0n) is 15.2. The Kier molecular flexibility index (Phi) is 5.45. The summed E-state index contributed by atoms with van der Waals surface area (Å²) in [6, 6.07) is 15.9. The summed E-state index contributed by atoms with van der Waals surface area (Å²) in [5.74, 6) is 0.396. The van der Waals surface area contributed by atoms with E-state index in [9.17, 15) is 14.9 Å². The number of rotatable bonds is 5. The number of nitrogens with one attached hydrogen (secondary N) is 1. The fraction of sp³-hybridized carbons (Fsp3) is 0.211. The van der Waals surface area contributed by atoms with E-state index in [-0.39, 0.29) is 11.6 Å². The summed E-state index contributed by atoms with van der Waals surface area (Å²) >= 11 is 6.75. The van der Waals surface area contributed by atoms with Crippen LogP contribution in [0.1, 0.15) is 0 Å². The Hall–Kier alpha value is -2.98. The number of anilines is 2. The number of para-hydroxylation sites is 1. The lowest BCUT2D eigenvalue weighted by molar-refractivity contribution is -0.384. The van der Waals surface area contributed by atoms with Gasteiger partial charge in [-0.15, -0.1) is 0 Å². The number of carbonyl (C=O) groups excluding carboxylic acids is 1. The van der Waals surface area contributed by atoms with Crippen LogP contribution in [0.5, 0.6) is 0 Å². The van der Waals surface area contributed by atoms with E-state index in [2.05, 4.69) is 10.3 Å². The van der Waals surface area contributed by atoms with Gasteiger partial charge >= 0.3 is 0 Å². The van der Waals surface area contributed by atoms with Crippen LogP contribution in [0, 0.1) is 10.1 Å². The van der Waals surface area contributed by atoms with Gasteiger partial charge in [0.15, 0.2) is 4.32 Å². The van der Waals surface area contributed by atoms with Gasteiger partial charge in [-0.25, -0.2) is 4.90 Å². The summed E-state index contributed by atoms with van der Waals surface area (Å²) < 4.78 is 0.477. The highest BCUT2D eigenvalue weighted by Gasteiger charge is 2.41. The standard InChI is InChI=1S/C19H17N5O3S2/c25-17-16(29-19(28)23(17)18-20-10-11-21-18)12-22(13-4-2-1-3-5-13)14-6-8-15(9-7-14)24(26)27/h1-9,16H,10-12H2,(H,20,21). The number of aliphatic imine (C=N–C) groups is 1. The SMILES string of the molecule is O=C1C(CN(c2ccccc2)c2ccc([N+](=O)[O-])cc2)SC(=S)N1C1=NCCN1. The molecule has 0 bridgehead atoms. The number of hydrogen-bond donors (Lipinski definition) is 1. The van der Waals surface area contributed by atoms with E-state index < -0.39 is 10.2 Å². The summed E-state index contributed by atoms with van der Waals surface area (Å²) in [5.41, 5.74) is 1.66. The molecule has 2 aliphatic rings. The van der Waals surface area contributed by atoms with Crippen LogP contribution in [0.3, 0.4) is 0 Å². The Balaban J connectivity index is 1.61. The van der Waals surface area contributed by atoms with Crippen molar-refractivity contribution in [3.05, 3.63) is 64.7 Å². The molecule has 2 heterocycles. The highest BCUT2D eigenvalue weighted by molar-refractivity contribution is 8.24. The van der Waals surface area contributed by atoms with Gasteiger partial charge < -0.3 is 10.2 Å². The van der Waals surface area contributed by atoms with Gasteiger partial charge in [0.1, 0.15) is 5.25 Å². The quantitative estimate of drug-likeness (QED) is 0.446. The molecule has 8 nitrogen and oxygen atoms in total. The molecule has 2 aromatic carbocycles. The molecule has 0 aliphatic carbocycles. The van der Waals surface area contributed by atoms with Crippen molar-refractivity contribution in [2.45, 2.75) is 5.25 Å². The minimum absolute atomic E-state index is 0.0192. The van der Waals surface area contributed by atoms with E-state index in [0.717, 1.165) is 11.4 Å². The van der Waals surface area contributed by atoms with Crippen LogP contribution >= 0.6 is 24.0 Å². The minimum Gasteiger partial charge on any atom is -0.354 e. The number of thiocarbonyl (C=S) groups is 1. The third-order valence-corrected chi connectivity index (χ3v) is 6.07. The largest absolute Gasteiger partial charge is 0.354 e. The lowest BCUT2D eigenvalue weighted by Crippen LogP contribution is -2.44. The van der Waals surface area contributed by atoms with Gasteiger partial charge in [-0.2, -0.15) is 0 Å². The van der Waals surface area contributed by atoms with Gasteiger partial charge in [0.25, 0.3) is 5.69 Å². The average molecular weight is 428 g/mol.